The summed E-state index contributed by atoms with van der Waals surface area (Å²) < 4.78 is 31.5. The Morgan fingerprint density at radius 1 is 1.31 bits per heavy atom. The molecule has 0 bridgehead atoms. The predicted molar refractivity (Wildman–Crippen MR) is 54.1 cm³/mol. The molecule has 0 heterocycles. The van der Waals surface area contributed by atoms with Crippen LogP contribution in [0.3, 0.4) is 0 Å². The summed E-state index contributed by atoms with van der Waals surface area (Å²) in [6.07, 6.45) is -0.288. The number of benzene rings is 1. The highest BCUT2D eigenvalue weighted by molar-refractivity contribution is 5.31. The summed E-state index contributed by atoms with van der Waals surface area (Å²) in [4.78, 5) is 0. The summed E-state index contributed by atoms with van der Waals surface area (Å²) in [7, 11) is 0. The normalized spacial score (nSPS) is 12.6. The molecule has 0 aliphatic rings. The van der Waals surface area contributed by atoms with Crippen molar-refractivity contribution in [3.63, 3.8) is 0 Å². The Labute approximate surface area is 92.3 Å². The molecule has 1 aromatic carbocycles. The number of halogens is 2. The van der Waals surface area contributed by atoms with Crippen molar-refractivity contribution in [1.29, 1.82) is 0 Å². The summed E-state index contributed by atoms with van der Waals surface area (Å²) >= 11 is 0. The van der Waals surface area contributed by atoms with Crippen molar-refractivity contribution in [2.45, 2.75) is 26.1 Å². The van der Waals surface area contributed by atoms with Gasteiger partial charge in [-0.1, -0.05) is 0 Å². The van der Waals surface area contributed by atoms with E-state index >= 15 is 0 Å². The average molecular weight is 232 g/mol. The lowest BCUT2D eigenvalue weighted by atomic mass is 10.2. The third-order valence-corrected chi connectivity index (χ3v) is 2.02. The predicted octanol–water partition coefficient (Wildman–Crippen LogP) is 1.61. The first-order chi connectivity index (χ1) is 7.54. The Hall–Kier alpha value is -1.20. The van der Waals surface area contributed by atoms with Crippen LogP contribution in [0.1, 0.15) is 18.9 Å². The van der Waals surface area contributed by atoms with Crippen molar-refractivity contribution in [2.24, 2.45) is 0 Å². The zero-order valence-electron chi connectivity index (χ0n) is 8.91. The molecule has 0 amide bonds. The Morgan fingerprint density at radius 2 is 1.88 bits per heavy atom. The van der Waals surface area contributed by atoms with Crippen LogP contribution < -0.4 is 4.74 Å². The molecule has 5 heteroatoms. The van der Waals surface area contributed by atoms with Crippen molar-refractivity contribution >= 4 is 0 Å². The molecule has 3 nitrogen and oxygen atoms in total. The fourth-order valence-corrected chi connectivity index (χ4v) is 1.17. The maximum atomic E-state index is 13.3. The van der Waals surface area contributed by atoms with Crippen LogP contribution in [0.15, 0.2) is 12.1 Å². The maximum absolute atomic E-state index is 13.3. The molecular weight excluding hydrogens is 218 g/mol. The molecule has 0 aliphatic heterocycles. The highest BCUT2D eigenvalue weighted by Gasteiger charge is 2.12. The van der Waals surface area contributed by atoms with Crippen LogP contribution in [-0.4, -0.2) is 22.9 Å². The molecule has 0 saturated heterocycles. The second-order valence-corrected chi connectivity index (χ2v) is 3.53. The molecule has 0 aromatic heterocycles. The van der Waals surface area contributed by atoms with Crippen molar-refractivity contribution < 1.29 is 23.7 Å². The van der Waals surface area contributed by atoms with Gasteiger partial charge in [0.2, 0.25) is 0 Å². The smallest absolute Gasteiger partial charge is 0.190 e. The van der Waals surface area contributed by atoms with E-state index in [1.807, 2.05) is 0 Å². The van der Waals surface area contributed by atoms with Gasteiger partial charge in [0, 0.05) is 6.42 Å². The third-order valence-electron chi connectivity index (χ3n) is 2.02. The lowest BCUT2D eigenvalue weighted by Gasteiger charge is -2.10. The minimum Gasteiger partial charge on any atom is -0.488 e. The van der Waals surface area contributed by atoms with Crippen molar-refractivity contribution in [3.05, 3.63) is 29.3 Å². The number of hydrogen-bond acceptors (Lipinski definition) is 3. The van der Waals surface area contributed by atoms with Gasteiger partial charge in [0.05, 0.1) is 19.3 Å². The number of hydrogen-bond donors (Lipinski definition) is 2. The summed E-state index contributed by atoms with van der Waals surface area (Å²) in [5, 5.41) is 17.7. The molecular formula is C11H14F2O3. The van der Waals surface area contributed by atoms with E-state index in [0.29, 0.717) is 6.42 Å². The SMILES string of the molecule is CC(O)CCOc1c(F)cc(CO)cc1F. The molecule has 0 radical (unpaired) electrons. The Kier molecular flexibility index (Phi) is 4.64. The first-order valence-electron chi connectivity index (χ1n) is 4.94. The second kappa shape index (κ2) is 5.77. The fourth-order valence-electron chi connectivity index (χ4n) is 1.17. The fraction of sp³-hybridized carbons (Fsp3) is 0.455. The van der Waals surface area contributed by atoms with Gasteiger partial charge in [-0.05, 0) is 24.6 Å². The van der Waals surface area contributed by atoms with Crippen molar-refractivity contribution in [2.75, 3.05) is 6.61 Å². The van der Waals surface area contributed by atoms with Gasteiger partial charge in [-0.25, -0.2) is 8.78 Å². The monoisotopic (exact) mass is 232 g/mol. The van der Waals surface area contributed by atoms with Gasteiger partial charge in [0.1, 0.15) is 0 Å². The number of aliphatic hydroxyl groups excluding tert-OH is 2. The largest absolute Gasteiger partial charge is 0.488 e. The van der Waals surface area contributed by atoms with E-state index in [9.17, 15) is 8.78 Å². The lowest BCUT2D eigenvalue weighted by molar-refractivity contribution is 0.151. The summed E-state index contributed by atoms with van der Waals surface area (Å²) in [6, 6.07) is 2.03. The highest BCUT2D eigenvalue weighted by atomic mass is 19.1. The molecule has 0 fully saturated rings. The summed E-state index contributed by atoms with van der Waals surface area (Å²) in [6.45, 7) is 1.16. The topological polar surface area (TPSA) is 49.7 Å². The molecule has 1 atom stereocenters. The van der Waals surface area contributed by atoms with E-state index in [0.717, 1.165) is 12.1 Å². The Morgan fingerprint density at radius 3 is 2.31 bits per heavy atom. The zero-order valence-corrected chi connectivity index (χ0v) is 8.91. The van der Waals surface area contributed by atoms with Gasteiger partial charge in [0.25, 0.3) is 0 Å². The van der Waals surface area contributed by atoms with Crippen LogP contribution in [0.25, 0.3) is 0 Å². The highest BCUT2D eigenvalue weighted by Crippen LogP contribution is 2.23. The van der Waals surface area contributed by atoms with Gasteiger partial charge in [-0.2, -0.15) is 0 Å². The number of ether oxygens (including phenoxy) is 1. The number of rotatable bonds is 5. The van der Waals surface area contributed by atoms with E-state index in [1.165, 1.54) is 0 Å². The van der Waals surface area contributed by atoms with Crippen LogP contribution in [-0.2, 0) is 6.61 Å². The van der Waals surface area contributed by atoms with Crippen LogP contribution in [0, 0.1) is 11.6 Å². The minimum absolute atomic E-state index is 0.0317. The average Bonchev–Trinajstić information content (AvgIpc) is 2.21. The molecule has 2 N–H and O–H groups in total. The molecule has 0 spiro atoms. The first-order valence-corrected chi connectivity index (χ1v) is 4.94. The van der Waals surface area contributed by atoms with Gasteiger partial charge in [-0.3, -0.25) is 0 Å². The van der Waals surface area contributed by atoms with Crippen LogP contribution in [0.2, 0.25) is 0 Å². The van der Waals surface area contributed by atoms with Gasteiger partial charge in [-0.15, -0.1) is 0 Å². The van der Waals surface area contributed by atoms with Crippen LogP contribution >= 0.6 is 0 Å². The molecule has 16 heavy (non-hydrogen) atoms. The Balaban J connectivity index is 2.72. The van der Waals surface area contributed by atoms with Gasteiger partial charge >= 0.3 is 0 Å². The van der Waals surface area contributed by atoms with E-state index < -0.39 is 30.1 Å². The molecule has 1 rings (SSSR count). The quantitative estimate of drug-likeness (QED) is 0.810. The molecule has 90 valence electrons. The van der Waals surface area contributed by atoms with Crippen LogP contribution in [0.5, 0.6) is 5.75 Å². The van der Waals surface area contributed by atoms with Gasteiger partial charge < -0.3 is 14.9 Å². The Bertz CT molecular complexity index is 330. The molecule has 1 unspecified atom stereocenters. The maximum Gasteiger partial charge on any atom is 0.190 e. The van der Waals surface area contributed by atoms with E-state index in [1.54, 1.807) is 6.92 Å². The zero-order chi connectivity index (χ0) is 12.1. The first kappa shape index (κ1) is 12.9. The standard InChI is InChI=1S/C11H14F2O3/c1-7(15)2-3-16-11-9(12)4-8(6-14)5-10(11)13/h4-5,7,14-15H,2-3,6H2,1H3. The third kappa shape index (κ3) is 3.43. The lowest BCUT2D eigenvalue weighted by Crippen LogP contribution is -2.09. The molecule has 1 aromatic rings. The van der Waals surface area contributed by atoms with E-state index in [4.69, 9.17) is 14.9 Å². The second-order valence-electron chi connectivity index (χ2n) is 3.53. The van der Waals surface area contributed by atoms with E-state index in [-0.39, 0.29) is 12.2 Å². The summed E-state index contributed by atoms with van der Waals surface area (Å²) in [5.74, 6) is -2.18. The van der Waals surface area contributed by atoms with E-state index in [2.05, 4.69) is 0 Å². The molecule has 0 saturated carbocycles. The summed E-state index contributed by atoms with van der Waals surface area (Å²) in [5.41, 5.74) is 0.151. The van der Waals surface area contributed by atoms with Gasteiger partial charge in [0.15, 0.2) is 17.4 Å². The van der Waals surface area contributed by atoms with Crippen molar-refractivity contribution in [3.8, 4) is 5.75 Å². The minimum atomic E-state index is -0.852. The van der Waals surface area contributed by atoms with Crippen LogP contribution in [0.4, 0.5) is 8.78 Å². The number of aliphatic hydroxyl groups is 2. The molecule has 0 aliphatic carbocycles. The van der Waals surface area contributed by atoms with Crippen molar-refractivity contribution in [1.82, 2.24) is 0 Å².